The smallest absolute Gasteiger partial charge is 0.322 e. The minimum atomic E-state index is -0.622. The van der Waals surface area contributed by atoms with Crippen LogP contribution in [0.5, 0.6) is 0 Å². The van der Waals surface area contributed by atoms with Crippen LogP contribution in [0.25, 0.3) is 0 Å². The fraction of sp³-hybridized carbons (Fsp3) is 0.231. The fourth-order valence-corrected chi connectivity index (χ4v) is 4.22. The van der Waals surface area contributed by atoms with Crippen molar-refractivity contribution in [2.45, 2.75) is 13.1 Å². The van der Waals surface area contributed by atoms with Crippen molar-refractivity contribution in [3.05, 3.63) is 100 Å². The molecule has 0 spiro atoms. The zero-order valence-corrected chi connectivity index (χ0v) is 19.8. The molecule has 0 unspecified atom stereocenters. The number of halogens is 2. The van der Waals surface area contributed by atoms with Gasteiger partial charge in [-0.1, -0.05) is 54.1 Å². The summed E-state index contributed by atoms with van der Waals surface area (Å²) in [6, 6.07) is 20.7. The number of carbonyl (C=O) groups is 2. The van der Waals surface area contributed by atoms with Crippen LogP contribution in [-0.4, -0.2) is 53.1 Å². The average Bonchev–Trinajstić information content (AvgIpc) is 2.89. The number of nitrogens with zero attached hydrogens (tertiary/aromatic N) is 3. The van der Waals surface area contributed by atoms with E-state index in [-0.39, 0.29) is 23.2 Å². The van der Waals surface area contributed by atoms with E-state index in [1.165, 1.54) is 23.8 Å². The lowest BCUT2D eigenvalue weighted by atomic mass is 10.1. The summed E-state index contributed by atoms with van der Waals surface area (Å²) >= 11 is 6.02. The van der Waals surface area contributed by atoms with Gasteiger partial charge in [-0.25, -0.2) is 14.7 Å². The molecule has 0 bridgehead atoms. The molecule has 1 aliphatic heterocycles. The number of hydrogen-bond donors (Lipinski definition) is 2. The Morgan fingerprint density at radius 3 is 2.26 bits per heavy atom. The molecule has 0 aliphatic carbocycles. The number of benzene rings is 3. The second kappa shape index (κ2) is 11.3. The predicted octanol–water partition coefficient (Wildman–Crippen LogP) is 4.54. The van der Waals surface area contributed by atoms with Crippen molar-refractivity contribution in [2.24, 2.45) is 0 Å². The molecule has 1 heterocycles. The minimum absolute atomic E-state index is 0.0667. The highest BCUT2D eigenvalue weighted by molar-refractivity contribution is 6.31. The summed E-state index contributed by atoms with van der Waals surface area (Å²) in [6.07, 6.45) is 0. The first-order valence-corrected chi connectivity index (χ1v) is 11.6. The molecule has 0 saturated carbocycles. The van der Waals surface area contributed by atoms with Gasteiger partial charge in [0.05, 0.1) is 11.6 Å². The van der Waals surface area contributed by atoms with Crippen LogP contribution in [0.2, 0.25) is 5.02 Å². The van der Waals surface area contributed by atoms with Gasteiger partial charge in [-0.05, 0) is 41.5 Å². The van der Waals surface area contributed by atoms with Crippen LogP contribution in [-0.2, 0) is 13.1 Å². The Hall–Kier alpha value is -3.46. The van der Waals surface area contributed by atoms with E-state index in [0.717, 1.165) is 25.2 Å². The van der Waals surface area contributed by atoms with Gasteiger partial charge in [-0.2, -0.15) is 0 Å². The number of carbonyl (C=O) groups excluding carboxylic acids is 2. The Balaban J connectivity index is 1.49. The second-order valence-corrected chi connectivity index (χ2v) is 8.76. The highest BCUT2D eigenvalue weighted by atomic mass is 35.5. The van der Waals surface area contributed by atoms with Gasteiger partial charge in [0.25, 0.3) is 5.91 Å². The third-order valence-electron chi connectivity index (χ3n) is 6.00. The van der Waals surface area contributed by atoms with Gasteiger partial charge in [0.1, 0.15) is 5.82 Å². The summed E-state index contributed by atoms with van der Waals surface area (Å²) in [7, 11) is 0. The molecule has 1 saturated heterocycles. The van der Waals surface area contributed by atoms with E-state index < -0.39 is 11.7 Å². The van der Waals surface area contributed by atoms with Crippen LogP contribution in [0.3, 0.4) is 0 Å². The summed E-state index contributed by atoms with van der Waals surface area (Å²) < 4.78 is 13.8. The molecule has 1 fully saturated rings. The number of urea groups is 1. The maximum atomic E-state index is 13.8. The van der Waals surface area contributed by atoms with E-state index in [2.05, 4.69) is 17.0 Å². The Morgan fingerprint density at radius 2 is 1.63 bits per heavy atom. The summed E-state index contributed by atoms with van der Waals surface area (Å²) in [5.41, 5.74) is 4.35. The quantitative estimate of drug-likeness (QED) is 0.388. The van der Waals surface area contributed by atoms with Crippen molar-refractivity contribution in [2.75, 3.05) is 31.1 Å². The van der Waals surface area contributed by atoms with E-state index in [1.807, 2.05) is 18.2 Å². The lowest BCUT2D eigenvalue weighted by molar-refractivity contribution is 0.0706. The Labute approximate surface area is 208 Å². The van der Waals surface area contributed by atoms with Gasteiger partial charge in [0, 0.05) is 44.0 Å². The van der Waals surface area contributed by atoms with Crippen molar-refractivity contribution < 1.29 is 19.2 Å². The molecule has 1 aliphatic rings. The molecule has 3 amide bonds. The number of hydroxylamine groups is 1. The van der Waals surface area contributed by atoms with E-state index in [9.17, 15) is 14.0 Å². The third kappa shape index (κ3) is 6.16. The number of amides is 3. The van der Waals surface area contributed by atoms with Crippen molar-refractivity contribution in [3.8, 4) is 0 Å². The largest absolute Gasteiger partial charge is 0.324 e. The standard InChI is InChI=1S/C26H26ClFN4O3/c27-23-16-22(10-11-24(23)28)32(18-20-6-8-21(9-7-20)25(33)29-35)26(34)31-14-12-30(13-15-31)17-19-4-2-1-3-5-19/h1-11,16,35H,12-15,17-18H2,(H,29,33). The van der Waals surface area contributed by atoms with Gasteiger partial charge in [0.2, 0.25) is 0 Å². The van der Waals surface area contributed by atoms with E-state index in [4.69, 9.17) is 16.8 Å². The van der Waals surface area contributed by atoms with Gasteiger partial charge in [0.15, 0.2) is 0 Å². The molecular formula is C26H26ClFN4O3. The number of rotatable bonds is 6. The van der Waals surface area contributed by atoms with Crippen LogP contribution in [0.4, 0.5) is 14.9 Å². The van der Waals surface area contributed by atoms with Crippen molar-refractivity contribution in [1.82, 2.24) is 15.3 Å². The molecule has 7 nitrogen and oxygen atoms in total. The molecule has 35 heavy (non-hydrogen) atoms. The third-order valence-corrected chi connectivity index (χ3v) is 6.29. The van der Waals surface area contributed by atoms with E-state index in [1.54, 1.807) is 39.5 Å². The van der Waals surface area contributed by atoms with Gasteiger partial charge < -0.3 is 4.90 Å². The average molecular weight is 497 g/mol. The molecular weight excluding hydrogens is 471 g/mol. The van der Waals surface area contributed by atoms with Crippen molar-refractivity contribution >= 4 is 29.2 Å². The molecule has 182 valence electrons. The van der Waals surface area contributed by atoms with Crippen LogP contribution >= 0.6 is 11.6 Å². The summed E-state index contributed by atoms with van der Waals surface area (Å²) in [4.78, 5) is 30.8. The molecule has 0 aromatic heterocycles. The Kier molecular flexibility index (Phi) is 7.97. The summed E-state index contributed by atoms with van der Waals surface area (Å²) in [5, 5.41) is 8.75. The van der Waals surface area contributed by atoms with E-state index in [0.29, 0.717) is 18.8 Å². The fourth-order valence-electron chi connectivity index (χ4n) is 4.04. The number of piperazine rings is 1. The maximum absolute atomic E-state index is 13.8. The molecule has 9 heteroatoms. The highest BCUT2D eigenvalue weighted by Crippen LogP contribution is 2.26. The predicted molar refractivity (Wildman–Crippen MR) is 132 cm³/mol. The normalized spacial score (nSPS) is 14.0. The van der Waals surface area contributed by atoms with Crippen LogP contribution in [0.15, 0.2) is 72.8 Å². The van der Waals surface area contributed by atoms with Crippen LogP contribution in [0, 0.1) is 5.82 Å². The number of hydrogen-bond acceptors (Lipinski definition) is 4. The topological polar surface area (TPSA) is 76.1 Å². The van der Waals surface area contributed by atoms with E-state index >= 15 is 0 Å². The first-order chi connectivity index (χ1) is 16.9. The summed E-state index contributed by atoms with van der Waals surface area (Å²) in [6.45, 7) is 3.63. The monoisotopic (exact) mass is 496 g/mol. The highest BCUT2D eigenvalue weighted by Gasteiger charge is 2.27. The Morgan fingerprint density at radius 1 is 0.943 bits per heavy atom. The molecule has 3 aromatic rings. The Bertz CT molecular complexity index is 1170. The van der Waals surface area contributed by atoms with Crippen molar-refractivity contribution in [1.29, 1.82) is 0 Å². The van der Waals surface area contributed by atoms with Gasteiger partial charge in [-0.15, -0.1) is 0 Å². The van der Waals surface area contributed by atoms with Crippen LogP contribution in [0.1, 0.15) is 21.5 Å². The summed E-state index contributed by atoms with van der Waals surface area (Å²) in [5.74, 6) is -1.18. The molecule has 2 N–H and O–H groups in total. The first-order valence-electron chi connectivity index (χ1n) is 11.3. The first kappa shape index (κ1) is 24.7. The lowest BCUT2D eigenvalue weighted by Crippen LogP contribution is -2.52. The minimum Gasteiger partial charge on any atom is -0.322 e. The molecule has 0 radical (unpaired) electrons. The maximum Gasteiger partial charge on any atom is 0.324 e. The molecule has 3 aromatic carbocycles. The van der Waals surface area contributed by atoms with Gasteiger partial charge >= 0.3 is 6.03 Å². The zero-order valence-electron chi connectivity index (χ0n) is 19.0. The number of anilines is 1. The lowest BCUT2D eigenvalue weighted by Gasteiger charge is -2.37. The van der Waals surface area contributed by atoms with Gasteiger partial charge in [-0.3, -0.25) is 19.8 Å². The number of nitrogens with one attached hydrogen (secondary N) is 1. The zero-order chi connectivity index (χ0) is 24.8. The molecule has 0 atom stereocenters. The molecule has 4 rings (SSSR count). The second-order valence-electron chi connectivity index (χ2n) is 8.35. The SMILES string of the molecule is O=C(NO)c1ccc(CN(C(=O)N2CCN(Cc3ccccc3)CC2)c2ccc(F)c(Cl)c2)cc1. The van der Waals surface area contributed by atoms with Crippen molar-refractivity contribution in [3.63, 3.8) is 0 Å². The van der Waals surface area contributed by atoms with Crippen LogP contribution < -0.4 is 10.4 Å².